The number of carbonyl (C=O) groups is 3. The number of esters is 1. The van der Waals surface area contributed by atoms with Crippen LogP contribution >= 0.6 is 0 Å². The second kappa shape index (κ2) is 7.53. The normalized spacial score (nSPS) is 26.8. The van der Waals surface area contributed by atoms with E-state index in [1.165, 1.54) is 0 Å². The molecule has 1 aliphatic heterocycles. The van der Waals surface area contributed by atoms with Crippen molar-refractivity contribution in [2.45, 2.75) is 65.3 Å². The first kappa shape index (κ1) is 18.7. The third-order valence-corrected chi connectivity index (χ3v) is 5.52. The molecule has 3 atom stereocenters. The lowest BCUT2D eigenvalue weighted by atomic mass is 9.80. The molecule has 1 N–H and O–H groups in total. The van der Waals surface area contributed by atoms with Crippen LogP contribution in [0.25, 0.3) is 0 Å². The lowest BCUT2D eigenvalue weighted by Crippen LogP contribution is -2.40. The molecule has 2 rings (SSSR count). The van der Waals surface area contributed by atoms with Crippen molar-refractivity contribution in [2.24, 2.45) is 17.3 Å². The summed E-state index contributed by atoms with van der Waals surface area (Å²) >= 11 is 0. The molecule has 136 valence electrons. The van der Waals surface area contributed by atoms with Gasteiger partial charge in [0.2, 0.25) is 5.91 Å². The maximum atomic E-state index is 12.7. The number of hydrogen-bond donors (Lipinski definition) is 1. The van der Waals surface area contributed by atoms with Crippen LogP contribution in [0.15, 0.2) is 0 Å². The Morgan fingerprint density at radius 2 is 1.88 bits per heavy atom. The van der Waals surface area contributed by atoms with Gasteiger partial charge in [-0.15, -0.1) is 0 Å². The van der Waals surface area contributed by atoms with Crippen LogP contribution in [0.1, 0.15) is 59.3 Å². The molecular formula is C18H29NO5. The Balaban J connectivity index is 1.99. The number of aliphatic carboxylic acids is 1. The zero-order valence-electron chi connectivity index (χ0n) is 14.9. The van der Waals surface area contributed by atoms with Crippen molar-refractivity contribution in [3.05, 3.63) is 0 Å². The predicted molar refractivity (Wildman–Crippen MR) is 88.2 cm³/mol. The van der Waals surface area contributed by atoms with Crippen LogP contribution < -0.4 is 0 Å². The molecule has 6 nitrogen and oxygen atoms in total. The molecule has 1 heterocycles. The molecule has 1 amide bonds. The fourth-order valence-corrected chi connectivity index (χ4v) is 4.02. The van der Waals surface area contributed by atoms with Crippen molar-refractivity contribution in [2.75, 3.05) is 13.2 Å². The standard InChI is InChI=1S/C18H29NO5/c1-4-24-17(23)18(2,3)10-9-15(20)19-11-13(16(21)22)12-7-5-6-8-14(12)19/h12-14H,4-11H2,1-3H3,(H,21,22). The second-order valence-electron chi connectivity index (χ2n) is 7.61. The zero-order chi connectivity index (χ0) is 17.9. The van der Waals surface area contributed by atoms with E-state index in [0.717, 1.165) is 25.7 Å². The average molecular weight is 339 g/mol. The van der Waals surface area contributed by atoms with Crippen molar-refractivity contribution >= 4 is 17.8 Å². The summed E-state index contributed by atoms with van der Waals surface area (Å²) in [6, 6.07) is 0.0538. The van der Waals surface area contributed by atoms with Gasteiger partial charge in [-0.05, 0) is 46.0 Å². The first-order valence-electron chi connectivity index (χ1n) is 8.97. The van der Waals surface area contributed by atoms with Crippen molar-refractivity contribution in [1.29, 1.82) is 0 Å². The second-order valence-corrected chi connectivity index (χ2v) is 7.61. The van der Waals surface area contributed by atoms with Crippen LogP contribution in [0.5, 0.6) is 0 Å². The Bertz CT molecular complexity index is 502. The van der Waals surface area contributed by atoms with Gasteiger partial charge in [-0.25, -0.2) is 0 Å². The van der Waals surface area contributed by atoms with Crippen LogP contribution in [0, 0.1) is 17.3 Å². The molecule has 24 heavy (non-hydrogen) atoms. The lowest BCUT2D eigenvalue weighted by Gasteiger charge is -2.32. The number of carboxylic acid groups (broad SMARTS) is 1. The van der Waals surface area contributed by atoms with E-state index in [9.17, 15) is 19.5 Å². The van der Waals surface area contributed by atoms with Gasteiger partial charge in [0.1, 0.15) is 0 Å². The first-order chi connectivity index (χ1) is 11.3. The SMILES string of the molecule is CCOC(=O)C(C)(C)CCC(=O)N1CC(C(=O)O)C2CCCCC21. The summed E-state index contributed by atoms with van der Waals surface area (Å²) in [5.74, 6) is -1.49. The van der Waals surface area contributed by atoms with Gasteiger partial charge in [-0.3, -0.25) is 14.4 Å². The first-order valence-corrected chi connectivity index (χ1v) is 8.97. The number of amides is 1. The smallest absolute Gasteiger partial charge is 0.311 e. The molecule has 2 aliphatic rings. The highest BCUT2D eigenvalue weighted by atomic mass is 16.5. The Kier molecular flexibility index (Phi) is 5.88. The zero-order valence-corrected chi connectivity index (χ0v) is 14.9. The summed E-state index contributed by atoms with van der Waals surface area (Å²) in [6.45, 7) is 5.96. The van der Waals surface area contributed by atoms with Crippen LogP contribution in [0.3, 0.4) is 0 Å². The summed E-state index contributed by atoms with van der Waals surface area (Å²) in [5, 5.41) is 9.44. The molecule has 0 spiro atoms. The van der Waals surface area contributed by atoms with E-state index in [-0.39, 0.29) is 30.3 Å². The highest BCUT2D eigenvalue weighted by Gasteiger charge is 2.47. The summed E-state index contributed by atoms with van der Waals surface area (Å²) in [6.07, 6.45) is 4.54. The van der Waals surface area contributed by atoms with E-state index < -0.39 is 17.3 Å². The van der Waals surface area contributed by atoms with Gasteiger partial charge < -0.3 is 14.7 Å². The lowest BCUT2D eigenvalue weighted by molar-refractivity contribution is -0.154. The van der Waals surface area contributed by atoms with E-state index in [1.807, 2.05) is 0 Å². The maximum Gasteiger partial charge on any atom is 0.311 e. The molecule has 1 saturated heterocycles. The Hall–Kier alpha value is -1.59. The maximum absolute atomic E-state index is 12.7. The fourth-order valence-electron chi connectivity index (χ4n) is 4.02. The summed E-state index contributed by atoms with van der Waals surface area (Å²) in [5.41, 5.74) is -0.705. The Morgan fingerprint density at radius 1 is 1.21 bits per heavy atom. The van der Waals surface area contributed by atoms with Gasteiger partial charge in [0.15, 0.2) is 0 Å². The van der Waals surface area contributed by atoms with Gasteiger partial charge in [-0.1, -0.05) is 12.8 Å². The number of carboxylic acids is 1. The monoisotopic (exact) mass is 339 g/mol. The van der Waals surface area contributed by atoms with E-state index in [1.54, 1.807) is 25.7 Å². The van der Waals surface area contributed by atoms with Crippen LogP contribution in [0.2, 0.25) is 0 Å². The molecule has 0 radical (unpaired) electrons. The summed E-state index contributed by atoms with van der Waals surface area (Å²) < 4.78 is 5.06. The topological polar surface area (TPSA) is 83.9 Å². The third kappa shape index (κ3) is 3.90. The van der Waals surface area contributed by atoms with Crippen molar-refractivity contribution in [1.82, 2.24) is 4.90 Å². The van der Waals surface area contributed by atoms with E-state index in [0.29, 0.717) is 19.6 Å². The number of ether oxygens (including phenoxy) is 1. The van der Waals surface area contributed by atoms with Crippen molar-refractivity contribution in [3.63, 3.8) is 0 Å². The molecule has 1 saturated carbocycles. The van der Waals surface area contributed by atoms with Crippen LogP contribution in [-0.4, -0.2) is 47.0 Å². The number of nitrogens with zero attached hydrogens (tertiary/aromatic N) is 1. The van der Waals surface area contributed by atoms with Crippen LogP contribution in [-0.2, 0) is 19.1 Å². The van der Waals surface area contributed by atoms with E-state index >= 15 is 0 Å². The molecule has 0 aromatic heterocycles. The molecule has 1 aliphatic carbocycles. The highest BCUT2D eigenvalue weighted by molar-refractivity contribution is 5.81. The number of rotatable bonds is 6. The Morgan fingerprint density at radius 3 is 2.50 bits per heavy atom. The molecule has 0 aromatic carbocycles. The molecule has 0 aromatic rings. The van der Waals surface area contributed by atoms with Gasteiger partial charge in [0.05, 0.1) is 17.9 Å². The van der Waals surface area contributed by atoms with Crippen molar-refractivity contribution in [3.8, 4) is 0 Å². The largest absolute Gasteiger partial charge is 0.481 e. The minimum atomic E-state index is -0.797. The quantitative estimate of drug-likeness (QED) is 0.752. The summed E-state index contributed by atoms with van der Waals surface area (Å²) in [4.78, 5) is 37.9. The summed E-state index contributed by atoms with van der Waals surface area (Å²) in [7, 11) is 0. The van der Waals surface area contributed by atoms with Gasteiger partial charge in [-0.2, -0.15) is 0 Å². The molecule has 3 unspecified atom stereocenters. The van der Waals surface area contributed by atoms with E-state index in [4.69, 9.17) is 4.74 Å². The molecular weight excluding hydrogens is 310 g/mol. The Labute approximate surface area is 143 Å². The minimum absolute atomic E-state index is 0.0342. The third-order valence-electron chi connectivity index (χ3n) is 5.52. The number of fused-ring (bicyclic) bond motifs is 1. The van der Waals surface area contributed by atoms with Crippen molar-refractivity contribution < 1.29 is 24.2 Å². The number of likely N-dealkylation sites (tertiary alicyclic amines) is 1. The van der Waals surface area contributed by atoms with Gasteiger partial charge in [0, 0.05) is 19.0 Å². The van der Waals surface area contributed by atoms with Gasteiger partial charge in [0.25, 0.3) is 0 Å². The average Bonchev–Trinajstić information content (AvgIpc) is 2.93. The molecule has 0 bridgehead atoms. The highest BCUT2D eigenvalue weighted by Crippen LogP contribution is 2.40. The molecule has 2 fully saturated rings. The van der Waals surface area contributed by atoms with Gasteiger partial charge >= 0.3 is 11.9 Å². The fraction of sp³-hybridized carbons (Fsp3) is 0.833. The number of carbonyl (C=O) groups excluding carboxylic acids is 2. The minimum Gasteiger partial charge on any atom is -0.481 e. The number of hydrogen-bond acceptors (Lipinski definition) is 4. The molecule has 6 heteroatoms. The van der Waals surface area contributed by atoms with Crippen LogP contribution in [0.4, 0.5) is 0 Å². The van der Waals surface area contributed by atoms with E-state index in [2.05, 4.69) is 0 Å². The predicted octanol–water partition coefficient (Wildman–Crippen LogP) is 2.46.